The van der Waals surface area contributed by atoms with Gasteiger partial charge in [-0.1, -0.05) is 90.1 Å². The monoisotopic (exact) mass is 1010 g/mol. The van der Waals surface area contributed by atoms with E-state index in [4.69, 9.17) is 4.98 Å². The van der Waals surface area contributed by atoms with Gasteiger partial charge < -0.3 is 24.2 Å². The van der Waals surface area contributed by atoms with Crippen LogP contribution in [0.1, 0.15) is 107 Å². The molecule has 2 aliphatic heterocycles. The van der Waals surface area contributed by atoms with Crippen LogP contribution in [0, 0.1) is 31.5 Å². The van der Waals surface area contributed by atoms with E-state index in [0.717, 1.165) is 68.0 Å². The minimum absolute atomic E-state index is 0. The first-order chi connectivity index (χ1) is 30.4. The van der Waals surface area contributed by atoms with Crippen molar-refractivity contribution in [3.63, 3.8) is 0 Å². The zero-order chi connectivity index (χ0) is 42.7. The van der Waals surface area contributed by atoms with E-state index in [1.807, 2.05) is 30.3 Å². The molecule has 8 rings (SSSR count). The molecule has 1 aromatic heterocycles. The van der Waals surface area contributed by atoms with Crippen LogP contribution in [0.2, 0.25) is 0 Å². The summed E-state index contributed by atoms with van der Waals surface area (Å²) in [6.45, 7) is 15.6. The van der Waals surface area contributed by atoms with E-state index in [0.29, 0.717) is 11.8 Å². The molecule has 0 saturated heterocycles. The molecule has 329 valence electrons. The molecule has 6 aromatic rings. The average Bonchev–Trinajstić information content (AvgIpc) is 4.09. The second kappa shape index (κ2) is 22.3. The molecule has 0 fully saturated rings. The van der Waals surface area contributed by atoms with Crippen molar-refractivity contribution in [2.24, 2.45) is 0 Å². The SMILES string of the molecule is CC(C)c1cc(-c2ccccc2)cc(C(C)C)c1-n1c(CCCCCCCc2c[c-]c(N3C=CN(CCCCN4C=CN(c5[c-]cccc5)[CH-]4)[CH-]3)cc2)cnc1-c1[c-]cccc1.[Ir]. The summed E-state index contributed by atoms with van der Waals surface area (Å²) >= 11 is 0. The number of hydrogen-bond acceptors (Lipinski definition) is 5. The third-order valence-corrected chi connectivity index (χ3v) is 12.0. The molecular formula is C56H61IrN6-5. The van der Waals surface area contributed by atoms with Crippen LogP contribution in [-0.2, 0) is 32.9 Å². The van der Waals surface area contributed by atoms with Crippen LogP contribution in [-0.4, -0.2) is 32.4 Å². The average molecular weight is 1010 g/mol. The maximum absolute atomic E-state index is 5.09. The molecule has 7 heteroatoms. The van der Waals surface area contributed by atoms with Gasteiger partial charge in [0.2, 0.25) is 0 Å². The van der Waals surface area contributed by atoms with Gasteiger partial charge in [0.1, 0.15) is 0 Å². The number of hydrogen-bond donors (Lipinski definition) is 0. The predicted octanol–water partition coefficient (Wildman–Crippen LogP) is 13.5. The Hall–Kier alpha value is -5.36. The van der Waals surface area contributed by atoms with Crippen LogP contribution < -0.4 is 9.80 Å². The van der Waals surface area contributed by atoms with E-state index in [-0.39, 0.29) is 20.1 Å². The topological polar surface area (TPSA) is 30.8 Å². The minimum atomic E-state index is 0. The molecule has 2 aliphatic rings. The van der Waals surface area contributed by atoms with E-state index in [9.17, 15) is 0 Å². The van der Waals surface area contributed by atoms with Gasteiger partial charge in [0, 0.05) is 37.7 Å². The Kier molecular flexibility index (Phi) is 16.2. The molecular weight excluding hydrogens is 949 g/mol. The van der Waals surface area contributed by atoms with Crippen LogP contribution in [0.25, 0.3) is 28.2 Å². The molecule has 0 spiro atoms. The summed E-state index contributed by atoms with van der Waals surface area (Å²) in [6.07, 6.45) is 21.0. The second-order valence-corrected chi connectivity index (χ2v) is 17.3. The van der Waals surface area contributed by atoms with Crippen LogP contribution in [0.15, 0.2) is 140 Å². The van der Waals surface area contributed by atoms with E-state index >= 15 is 0 Å². The molecule has 0 bridgehead atoms. The zero-order valence-electron chi connectivity index (χ0n) is 37.4. The number of imidazole rings is 1. The van der Waals surface area contributed by atoms with Crippen LogP contribution in [0.4, 0.5) is 11.4 Å². The van der Waals surface area contributed by atoms with Crippen molar-refractivity contribution in [2.75, 3.05) is 22.9 Å². The number of para-hydroxylation sites is 1. The first kappa shape index (κ1) is 45.7. The van der Waals surface area contributed by atoms with Gasteiger partial charge >= 0.3 is 0 Å². The third kappa shape index (κ3) is 11.6. The van der Waals surface area contributed by atoms with Gasteiger partial charge in [-0.05, 0) is 110 Å². The largest absolute Gasteiger partial charge is 0.508 e. The third-order valence-electron chi connectivity index (χ3n) is 12.0. The van der Waals surface area contributed by atoms with Crippen molar-refractivity contribution in [2.45, 2.75) is 97.3 Å². The van der Waals surface area contributed by atoms with E-state index < -0.39 is 0 Å². The van der Waals surface area contributed by atoms with Gasteiger partial charge in [-0.3, -0.25) is 4.98 Å². The number of aryl methyl sites for hydroxylation is 2. The quantitative estimate of drug-likeness (QED) is 0.0562. The normalized spacial score (nSPS) is 13.6. The predicted molar refractivity (Wildman–Crippen MR) is 257 cm³/mol. The van der Waals surface area contributed by atoms with Crippen LogP contribution in [0.3, 0.4) is 0 Å². The van der Waals surface area contributed by atoms with Gasteiger partial charge in [-0.25, -0.2) is 0 Å². The smallest absolute Gasteiger partial charge is 0.0605 e. The van der Waals surface area contributed by atoms with Gasteiger partial charge in [-0.2, -0.15) is 67.4 Å². The summed E-state index contributed by atoms with van der Waals surface area (Å²) in [4.78, 5) is 13.9. The fourth-order valence-corrected chi connectivity index (χ4v) is 8.55. The van der Waals surface area contributed by atoms with Gasteiger partial charge in [-0.15, -0.1) is 53.3 Å². The maximum Gasteiger partial charge on any atom is 0.0605 e. The Morgan fingerprint density at radius 3 is 1.76 bits per heavy atom. The summed E-state index contributed by atoms with van der Waals surface area (Å²) in [6, 6.07) is 49.0. The molecule has 63 heavy (non-hydrogen) atoms. The molecule has 0 saturated carbocycles. The second-order valence-electron chi connectivity index (χ2n) is 17.3. The van der Waals surface area contributed by atoms with Gasteiger partial charge in [0.15, 0.2) is 0 Å². The Bertz CT molecular complexity index is 2340. The molecule has 0 N–H and O–H groups in total. The molecule has 0 atom stereocenters. The summed E-state index contributed by atoms with van der Waals surface area (Å²) in [5.41, 5.74) is 12.4. The van der Waals surface area contributed by atoms with E-state index in [1.54, 1.807) is 0 Å². The first-order valence-corrected chi connectivity index (χ1v) is 22.8. The molecule has 5 aromatic carbocycles. The summed E-state index contributed by atoms with van der Waals surface area (Å²) in [5, 5.41) is 0. The Morgan fingerprint density at radius 2 is 1.17 bits per heavy atom. The molecule has 6 nitrogen and oxygen atoms in total. The number of benzene rings is 5. The van der Waals surface area contributed by atoms with Gasteiger partial charge in [0.25, 0.3) is 0 Å². The Balaban J connectivity index is 0.00000595. The number of rotatable bonds is 20. The van der Waals surface area contributed by atoms with Crippen molar-refractivity contribution < 1.29 is 20.1 Å². The maximum atomic E-state index is 5.09. The minimum Gasteiger partial charge on any atom is -0.508 e. The first-order valence-electron chi connectivity index (χ1n) is 22.8. The Morgan fingerprint density at radius 1 is 0.571 bits per heavy atom. The fraction of sp³-hybridized carbons (Fsp3) is 0.304. The number of unbranched alkanes of at least 4 members (excludes halogenated alkanes) is 5. The number of anilines is 2. The van der Waals surface area contributed by atoms with E-state index in [1.165, 1.54) is 64.9 Å². The molecule has 0 aliphatic carbocycles. The van der Waals surface area contributed by atoms with E-state index in [2.05, 4.69) is 193 Å². The molecule has 1 radical (unpaired) electrons. The summed E-state index contributed by atoms with van der Waals surface area (Å²) in [7, 11) is 0. The number of aromatic nitrogens is 2. The molecule has 3 heterocycles. The van der Waals surface area contributed by atoms with Crippen molar-refractivity contribution >= 4 is 11.4 Å². The summed E-state index contributed by atoms with van der Waals surface area (Å²) in [5.74, 6) is 1.67. The van der Waals surface area contributed by atoms with Crippen LogP contribution in [0.5, 0.6) is 0 Å². The standard InChI is InChI=1S/C56H61N6.Ir/c1-44(2)53-39-49(47-22-12-8-13-23-47)40-54(45(3)4)55(53)62-52(41-57-56(62)48-24-14-9-15-25-48)28-16-7-5-6-11-21-46-29-31-51(32-30-46)61-38-36-59(43-61)34-20-19-33-58-35-37-60(42-58)50-26-17-10-18-27-50;/h8-10,12-15,17-18,22-24,26,29-31,35-45H,5-7,11,16,19-21,28,33-34H2,1-4H3;/q-5;. The van der Waals surface area contributed by atoms with Crippen molar-refractivity contribution in [1.29, 1.82) is 0 Å². The fourth-order valence-electron chi connectivity index (χ4n) is 8.55. The Labute approximate surface area is 391 Å². The molecule has 0 unspecified atom stereocenters. The van der Waals surface area contributed by atoms with Gasteiger partial charge in [0.05, 0.1) is 5.82 Å². The van der Waals surface area contributed by atoms with Crippen molar-refractivity contribution in [1.82, 2.24) is 19.4 Å². The molecule has 0 amide bonds. The van der Waals surface area contributed by atoms with Crippen molar-refractivity contribution in [3.8, 4) is 28.2 Å². The van der Waals surface area contributed by atoms with Crippen LogP contribution >= 0.6 is 0 Å². The van der Waals surface area contributed by atoms with Crippen molar-refractivity contribution in [3.05, 3.63) is 194 Å². The zero-order valence-corrected chi connectivity index (χ0v) is 39.8. The summed E-state index contributed by atoms with van der Waals surface area (Å²) < 4.78 is 2.48. The number of nitrogens with zero attached hydrogens (tertiary/aromatic N) is 6.